The maximum Gasteiger partial charge on any atom is 0.232 e. The summed E-state index contributed by atoms with van der Waals surface area (Å²) in [6.45, 7) is 1.64. The molecule has 0 unspecified atom stereocenters. The average Bonchev–Trinajstić information content (AvgIpc) is 2.65. The van der Waals surface area contributed by atoms with Gasteiger partial charge in [-0.05, 0) is 24.6 Å². The average molecular weight is 426 g/mol. The molecule has 1 aromatic heterocycles. The van der Waals surface area contributed by atoms with Gasteiger partial charge in [0.1, 0.15) is 6.33 Å². The van der Waals surface area contributed by atoms with Gasteiger partial charge in [-0.15, -0.1) is 0 Å². The first-order valence-corrected chi connectivity index (χ1v) is 10.2. The molecule has 6 nitrogen and oxygen atoms in total. The number of nitrogens with zero attached hydrogens (tertiary/aromatic N) is 2. The smallest absolute Gasteiger partial charge is 0.232 e. The topological polar surface area (TPSA) is 89.0 Å². The minimum atomic E-state index is -3.82. The summed E-state index contributed by atoms with van der Waals surface area (Å²) in [5.41, 5.74) is -0.574. The number of rotatable bonds is 6. The third-order valence-corrected chi connectivity index (χ3v) is 5.76. The van der Waals surface area contributed by atoms with Crippen molar-refractivity contribution in [3.8, 4) is 0 Å². The number of carbonyl (C=O) groups excluding carboxylic acids is 1. The zero-order valence-electron chi connectivity index (χ0n) is 14.5. The summed E-state index contributed by atoms with van der Waals surface area (Å²) in [5, 5.41) is -0.00172. The number of ketones is 1. The number of hydrogen-bond acceptors (Lipinski definition) is 5. The van der Waals surface area contributed by atoms with E-state index < -0.39 is 43.7 Å². The van der Waals surface area contributed by atoms with E-state index in [-0.39, 0.29) is 11.3 Å². The van der Waals surface area contributed by atoms with Gasteiger partial charge in [-0.2, -0.15) is 0 Å². The molecule has 0 fully saturated rings. The molecule has 0 saturated heterocycles. The Morgan fingerprint density at radius 2 is 2.00 bits per heavy atom. The molecule has 0 bridgehead atoms. The van der Waals surface area contributed by atoms with Crippen LogP contribution in [0.4, 0.5) is 14.5 Å². The molecule has 0 spiro atoms. The Kier molecular flexibility index (Phi) is 5.57. The molecule has 10 heteroatoms. The summed E-state index contributed by atoms with van der Waals surface area (Å²) < 4.78 is 54.5. The number of anilines is 1. The fourth-order valence-corrected chi connectivity index (χ4v) is 4.10. The summed E-state index contributed by atoms with van der Waals surface area (Å²) in [7, 11) is -3.82. The molecule has 0 saturated carbocycles. The van der Waals surface area contributed by atoms with E-state index in [4.69, 9.17) is 11.6 Å². The molecule has 28 heavy (non-hydrogen) atoms. The minimum absolute atomic E-state index is 0.0241. The van der Waals surface area contributed by atoms with Gasteiger partial charge < -0.3 is 0 Å². The lowest BCUT2D eigenvalue weighted by molar-refractivity contribution is 0.103. The third kappa shape index (κ3) is 3.95. The van der Waals surface area contributed by atoms with Crippen LogP contribution in [0.1, 0.15) is 29.3 Å². The van der Waals surface area contributed by atoms with Gasteiger partial charge in [0.2, 0.25) is 10.0 Å². The molecular weight excluding hydrogens is 412 g/mol. The highest BCUT2D eigenvalue weighted by atomic mass is 35.5. The molecule has 1 heterocycles. The van der Waals surface area contributed by atoms with Crippen molar-refractivity contribution in [1.29, 1.82) is 0 Å². The van der Waals surface area contributed by atoms with Crippen LogP contribution in [-0.4, -0.2) is 29.9 Å². The second-order valence-electron chi connectivity index (χ2n) is 5.96. The minimum Gasteiger partial charge on any atom is -0.288 e. The van der Waals surface area contributed by atoms with Gasteiger partial charge in [0, 0.05) is 23.2 Å². The summed E-state index contributed by atoms with van der Waals surface area (Å²) in [6.07, 6.45) is 3.11. The monoisotopic (exact) mass is 425 g/mol. The first-order chi connectivity index (χ1) is 13.2. The van der Waals surface area contributed by atoms with E-state index in [9.17, 15) is 22.0 Å². The molecule has 0 aliphatic heterocycles. The SMILES string of the molecule is CCCS(=O)(=O)Nc1cc(F)c(F)c(C(=O)c2ccc3ncncc3c2)c1Cl. The number of aromatic nitrogens is 2. The molecule has 146 valence electrons. The van der Waals surface area contributed by atoms with Crippen LogP contribution in [0.5, 0.6) is 0 Å². The van der Waals surface area contributed by atoms with Gasteiger partial charge in [0.05, 0.1) is 27.5 Å². The van der Waals surface area contributed by atoms with Crippen LogP contribution in [0.25, 0.3) is 10.9 Å². The standard InChI is InChI=1S/C18H14ClF2N3O3S/c1-2-5-28(26,27)24-14-7-12(20)17(21)15(16(14)19)18(25)10-3-4-13-11(6-10)8-22-9-23-13/h3-4,6-9,24H,2,5H2,1H3. The number of benzene rings is 2. The maximum absolute atomic E-state index is 14.4. The van der Waals surface area contributed by atoms with Crippen LogP contribution in [0, 0.1) is 11.6 Å². The molecule has 1 N–H and O–H groups in total. The number of halogens is 3. The van der Waals surface area contributed by atoms with Crippen LogP contribution >= 0.6 is 11.6 Å². The molecule has 0 atom stereocenters. The zero-order valence-corrected chi connectivity index (χ0v) is 16.1. The molecule has 3 aromatic rings. The lowest BCUT2D eigenvalue weighted by Crippen LogP contribution is -2.18. The molecular formula is C18H14ClF2N3O3S. The van der Waals surface area contributed by atoms with Gasteiger partial charge in [-0.1, -0.05) is 18.5 Å². The number of fused-ring (bicyclic) bond motifs is 1. The number of nitrogens with one attached hydrogen (secondary N) is 1. The third-order valence-electron chi connectivity index (χ3n) is 3.89. The fourth-order valence-electron chi connectivity index (χ4n) is 2.64. The molecule has 3 rings (SSSR count). The van der Waals surface area contributed by atoms with E-state index in [0.717, 1.165) is 0 Å². The molecule has 0 amide bonds. The highest BCUT2D eigenvalue weighted by Gasteiger charge is 2.26. The Balaban J connectivity index is 2.10. The first kappa shape index (κ1) is 20.1. The van der Waals surface area contributed by atoms with E-state index in [0.29, 0.717) is 23.4 Å². The van der Waals surface area contributed by atoms with E-state index in [1.165, 1.54) is 30.7 Å². The Bertz CT molecular complexity index is 1190. The van der Waals surface area contributed by atoms with Crippen molar-refractivity contribution < 1.29 is 22.0 Å². The molecule has 0 aliphatic rings. The van der Waals surface area contributed by atoms with Crippen molar-refractivity contribution in [3.63, 3.8) is 0 Å². The van der Waals surface area contributed by atoms with Gasteiger partial charge in [-0.25, -0.2) is 27.2 Å². The lowest BCUT2D eigenvalue weighted by atomic mass is 10.0. The van der Waals surface area contributed by atoms with E-state index in [2.05, 4.69) is 14.7 Å². The Morgan fingerprint density at radius 3 is 2.71 bits per heavy atom. The van der Waals surface area contributed by atoms with Crippen LogP contribution < -0.4 is 4.72 Å². The van der Waals surface area contributed by atoms with Gasteiger partial charge in [0.15, 0.2) is 17.4 Å². The lowest BCUT2D eigenvalue weighted by Gasteiger charge is -2.13. The van der Waals surface area contributed by atoms with Crippen molar-refractivity contribution >= 4 is 44.0 Å². The zero-order chi connectivity index (χ0) is 20.5. The summed E-state index contributed by atoms with van der Waals surface area (Å²) >= 11 is 6.08. The van der Waals surface area contributed by atoms with Crippen LogP contribution in [-0.2, 0) is 10.0 Å². The second-order valence-corrected chi connectivity index (χ2v) is 8.18. The van der Waals surface area contributed by atoms with Gasteiger partial charge in [0.25, 0.3) is 0 Å². The largest absolute Gasteiger partial charge is 0.288 e. The Labute approximate surface area is 164 Å². The highest BCUT2D eigenvalue weighted by molar-refractivity contribution is 7.92. The highest BCUT2D eigenvalue weighted by Crippen LogP contribution is 2.33. The molecule has 0 aliphatic carbocycles. The molecule has 2 aromatic carbocycles. The van der Waals surface area contributed by atoms with Crippen LogP contribution in [0.15, 0.2) is 36.8 Å². The molecule has 0 radical (unpaired) electrons. The van der Waals surface area contributed by atoms with E-state index >= 15 is 0 Å². The van der Waals surface area contributed by atoms with Crippen molar-refractivity contribution in [2.45, 2.75) is 13.3 Å². The van der Waals surface area contributed by atoms with Crippen LogP contribution in [0.2, 0.25) is 5.02 Å². The quantitative estimate of drug-likeness (QED) is 0.477. The van der Waals surface area contributed by atoms with Crippen molar-refractivity contribution in [3.05, 3.63) is 64.6 Å². The van der Waals surface area contributed by atoms with E-state index in [1.54, 1.807) is 6.92 Å². The van der Waals surface area contributed by atoms with Crippen molar-refractivity contribution in [2.24, 2.45) is 0 Å². The first-order valence-electron chi connectivity index (χ1n) is 8.16. The Morgan fingerprint density at radius 1 is 1.25 bits per heavy atom. The summed E-state index contributed by atoms with van der Waals surface area (Å²) in [6, 6.07) is 4.94. The number of hydrogen-bond donors (Lipinski definition) is 1. The number of carbonyl (C=O) groups is 1. The summed E-state index contributed by atoms with van der Waals surface area (Å²) in [5.74, 6) is -4.00. The van der Waals surface area contributed by atoms with Crippen molar-refractivity contribution in [2.75, 3.05) is 10.5 Å². The summed E-state index contributed by atoms with van der Waals surface area (Å²) in [4.78, 5) is 20.7. The predicted molar refractivity (Wildman–Crippen MR) is 102 cm³/mol. The second kappa shape index (κ2) is 7.76. The Hall–Kier alpha value is -2.65. The van der Waals surface area contributed by atoms with Crippen LogP contribution in [0.3, 0.4) is 0 Å². The van der Waals surface area contributed by atoms with Gasteiger partial charge in [-0.3, -0.25) is 9.52 Å². The maximum atomic E-state index is 14.4. The van der Waals surface area contributed by atoms with E-state index in [1.807, 2.05) is 0 Å². The fraction of sp³-hybridized carbons (Fsp3) is 0.167. The number of sulfonamides is 1. The van der Waals surface area contributed by atoms with Crippen molar-refractivity contribution in [1.82, 2.24) is 9.97 Å². The normalized spacial score (nSPS) is 11.6. The predicted octanol–water partition coefficient (Wildman–Crippen LogP) is 3.94. The van der Waals surface area contributed by atoms with Gasteiger partial charge >= 0.3 is 0 Å².